The Hall–Kier alpha value is -2.93. The van der Waals surface area contributed by atoms with E-state index in [1.165, 1.54) is 11.3 Å². The molecule has 7 nitrogen and oxygen atoms in total. The molecule has 3 aromatic rings. The molecule has 7 heteroatoms. The minimum Gasteiger partial charge on any atom is -0.497 e. The van der Waals surface area contributed by atoms with Crippen LogP contribution in [0.2, 0.25) is 0 Å². The number of hydrogen-bond donors (Lipinski definition) is 1. The number of piperazine rings is 1. The Bertz CT molecular complexity index is 903. The number of methoxy groups -OCH3 is 1. The van der Waals surface area contributed by atoms with Crippen LogP contribution in [0.1, 0.15) is 30.8 Å². The fourth-order valence-corrected chi connectivity index (χ4v) is 4.35. The van der Waals surface area contributed by atoms with Crippen LogP contribution in [0.15, 0.2) is 54.6 Å². The molecule has 1 fully saturated rings. The number of nitrogens with zero attached hydrogens (tertiary/aromatic N) is 5. The highest BCUT2D eigenvalue weighted by Gasteiger charge is 2.31. The third-order valence-electron chi connectivity index (χ3n) is 6.07. The van der Waals surface area contributed by atoms with Crippen LogP contribution in [0.3, 0.4) is 0 Å². The minimum atomic E-state index is 0.328. The van der Waals surface area contributed by atoms with Gasteiger partial charge in [0.25, 0.3) is 0 Å². The van der Waals surface area contributed by atoms with Gasteiger partial charge in [-0.2, -0.15) is 0 Å². The molecule has 0 unspecified atom stereocenters. The molecule has 2 aromatic carbocycles. The molecule has 0 saturated carbocycles. The highest BCUT2D eigenvalue weighted by Crippen LogP contribution is 2.19. The number of tetrazole rings is 1. The number of anilines is 1. The van der Waals surface area contributed by atoms with Crippen molar-refractivity contribution >= 4 is 5.69 Å². The van der Waals surface area contributed by atoms with Gasteiger partial charge in [0, 0.05) is 18.7 Å². The van der Waals surface area contributed by atoms with Gasteiger partial charge in [0.2, 0.25) is 5.82 Å². The normalized spacial score (nSPS) is 15.9. The first-order chi connectivity index (χ1) is 14.8. The molecule has 0 spiro atoms. The molecule has 158 valence electrons. The molecule has 0 radical (unpaired) electrons. The molecule has 1 N–H and O–H groups in total. The Morgan fingerprint density at radius 1 is 1.03 bits per heavy atom. The molecule has 1 aliphatic heterocycles. The highest BCUT2D eigenvalue weighted by atomic mass is 16.5. The lowest BCUT2D eigenvalue weighted by molar-refractivity contribution is -0.933. The summed E-state index contributed by atoms with van der Waals surface area (Å²) in [5, 5.41) is 12.7. The Morgan fingerprint density at radius 3 is 2.43 bits per heavy atom. The van der Waals surface area contributed by atoms with Crippen LogP contribution in [0, 0.1) is 0 Å². The van der Waals surface area contributed by atoms with Crippen LogP contribution in [-0.2, 0) is 13.0 Å². The van der Waals surface area contributed by atoms with Gasteiger partial charge in [0.15, 0.2) is 0 Å². The summed E-state index contributed by atoms with van der Waals surface area (Å²) in [4.78, 5) is 4.02. The summed E-state index contributed by atoms with van der Waals surface area (Å²) < 4.78 is 7.28. The first-order valence-corrected chi connectivity index (χ1v) is 10.8. The monoisotopic (exact) mass is 407 g/mol. The van der Waals surface area contributed by atoms with E-state index in [1.54, 1.807) is 12.0 Å². The van der Waals surface area contributed by atoms with E-state index in [9.17, 15) is 0 Å². The number of rotatable bonds is 8. The summed E-state index contributed by atoms with van der Waals surface area (Å²) in [6.45, 7) is 7.28. The third-order valence-corrected chi connectivity index (χ3v) is 6.07. The molecule has 0 amide bonds. The van der Waals surface area contributed by atoms with Gasteiger partial charge < -0.3 is 14.5 Å². The molecule has 0 bridgehead atoms. The summed E-state index contributed by atoms with van der Waals surface area (Å²) in [6.07, 6.45) is 1.97. The van der Waals surface area contributed by atoms with E-state index in [0.29, 0.717) is 6.04 Å². The molecule has 1 aromatic heterocycles. The summed E-state index contributed by atoms with van der Waals surface area (Å²) >= 11 is 0. The van der Waals surface area contributed by atoms with Crippen LogP contribution in [-0.4, -0.2) is 53.5 Å². The van der Waals surface area contributed by atoms with Gasteiger partial charge in [0.1, 0.15) is 11.8 Å². The quantitative estimate of drug-likeness (QED) is 0.617. The third kappa shape index (κ3) is 4.62. The number of aryl methyl sites for hydroxylation is 2. The van der Waals surface area contributed by atoms with Gasteiger partial charge in [-0.3, -0.25) is 0 Å². The maximum Gasteiger partial charge on any atom is 0.209 e. The largest absolute Gasteiger partial charge is 0.497 e. The number of quaternary nitrogens is 1. The smallest absolute Gasteiger partial charge is 0.209 e. The lowest BCUT2D eigenvalue weighted by Gasteiger charge is -2.36. The highest BCUT2D eigenvalue weighted by molar-refractivity contribution is 5.49. The second-order valence-electron chi connectivity index (χ2n) is 7.80. The van der Waals surface area contributed by atoms with E-state index >= 15 is 0 Å². The predicted molar refractivity (Wildman–Crippen MR) is 117 cm³/mol. The van der Waals surface area contributed by atoms with Gasteiger partial charge in [-0.15, -0.1) is 5.10 Å². The van der Waals surface area contributed by atoms with Crippen molar-refractivity contribution in [2.24, 2.45) is 0 Å². The lowest BCUT2D eigenvalue weighted by Crippen LogP contribution is -3.15. The van der Waals surface area contributed by atoms with Gasteiger partial charge in [-0.05, 0) is 46.7 Å². The van der Waals surface area contributed by atoms with E-state index in [2.05, 4.69) is 63.7 Å². The predicted octanol–water partition coefficient (Wildman–Crippen LogP) is 1.78. The second kappa shape index (κ2) is 9.71. The van der Waals surface area contributed by atoms with Gasteiger partial charge in [-0.25, -0.2) is 4.68 Å². The fourth-order valence-electron chi connectivity index (χ4n) is 4.35. The summed E-state index contributed by atoms with van der Waals surface area (Å²) in [5.74, 6) is 1.91. The Balaban J connectivity index is 1.38. The van der Waals surface area contributed by atoms with Crippen molar-refractivity contribution in [2.45, 2.75) is 32.4 Å². The standard InChI is InChI=1S/C23H30N6O/c1-3-22(23-24-25-26-29(23)14-13-19-7-5-4-6-8-19)28-17-15-27(16-18-28)20-9-11-21(30-2)12-10-20/h4-12,22H,3,13-18H2,1-2H3/p+1/t22-/m1/s1. The zero-order chi connectivity index (χ0) is 20.8. The summed E-state index contributed by atoms with van der Waals surface area (Å²) in [5.41, 5.74) is 2.57. The summed E-state index contributed by atoms with van der Waals surface area (Å²) in [6, 6.07) is 19.2. The van der Waals surface area contributed by atoms with Crippen molar-refractivity contribution in [3.63, 3.8) is 0 Å². The molecule has 4 rings (SSSR count). The number of nitrogens with one attached hydrogen (secondary N) is 1. The molecular weight excluding hydrogens is 376 g/mol. The summed E-state index contributed by atoms with van der Waals surface area (Å²) in [7, 11) is 1.70. The van der Waals surface area contributed by atoms with Crippen molar-refractivity contribution in [2.75, 3.05) is 38.2 Å². The van der Waals surface area contributed by atoms with Crippen molar-refractivity contribution in [3.8, 4) is 5.75 Å². The second-order valence-corrected chi connectivity index (χ2v) is 7.80. The van der Waals surface area contributed by atoms with E-state index < -0.39 is 0 Å². The van der Waals surface area contributed by atoms with Crippen molar-refractivity contribution < 1.29 is 9.64 Å². The zero-order valence-electron chi connectivity index (χ0n) is 17.9. The van der Waals surface area contributed by atoms with Gasteiger partial charge >= 0.3 is 0 Å². The van der Waals surface area contributed by atoms with Crippen molar-refractivity contribution in [1.82, 2.24) is 20.2 Å². The Kier molecular flexibility index (Phi) is 6.59. The topological polar surface area (TPSA) is 60.5 Å². The van der Waals surface area contributed by atoms with Crippen LogP contribution < -0.4 is 14.5 Å². The Morgan fingerprint density at radius 2 is 1.77 bits per heavy atom. The molecule has 2 heterocycles. The lowest BCUT2D eigenvalue weighted by atomic mass is 10.1. The Labute approximate surface area is 178 Å². The number of benzene rings is 2. The first-order valence-electron chi connectivity index (χ1n) is 10.8. The molecular formula is C23H31N6O+. The number of aromatic nitrogens is 4. The van der Waals surface area contributed by atoms with Crippen molar-refractivity contribution in [1.29, 1.82) is 0 Å². The van der Waals surface area contributed by atoms with Crippen LogP contribution in [0.25, 0.3) is 0 Å². The maximum absolute atomic E-state index is 5.28. The van der Waals surface area contributed by atoms with Crippen LogP contribution in [0.4, 0.5) is 5.69 Å². The van der Waals surface area contributed by atoms with Crippen LogP contribution >= 0.6 is 0 Å². The number of ether oxygens (including phenoxy) is 1. The number of hydrogen-bond acceptors (Lipinski definition) is 5. The van der Waals surface area contributed by atoms with Gasteiger partial charge in [-0.1, -0.05) is 37.3 Å². The van der Waals surface area contributed by atoms with Crippen LogP contribution in [0.5, 0.6) is 5.75 Å². The van der Waals surface area contributed by atoms with E-state index in [1.807, 2.05) is 22.9 Å². The van der Waals surface area contributed by atoms with E-state index in [4.69, 9.17) is 4.74 Å². The average molecular weight is 408 g/mol. The van der Waals surface area contributed by atoms with E-state index in [0.717, 1.165) is 57.1 Å². The van der Waals surface area contributed by atoms with Gasteiger partial charge in [0.05, 0.1) is 33.3 Å². The maximum atomic E-state index is 5.28. The molecule has 0 aliphatic carbocycles. The molecule has 1 saturated heterocycles. The van der Waals surface area contributed by atoms with E-state index in [-0.39, 0.29) is 0 Å². The fraction of sp³-hybridized carbons (Fsp3) is 0.435. The molecule has 1 atom stereocenters. The SMILES string of the molecule is CC[C@H](c1nnnn1CCc1ccccc1)[NH+]1CCN(c2ccc(OC)cc2)CC1. The molecule has 30 heavy (non-hydrogen) atoms. The zero-order valence-corrected chi connectivity index (χ0v) is 17.9. The van der Waals surface area contributed by atoms with Crippen molar-refractivity contribution in [3.05, 3.63) is 66.0 Å². The average Bonchev–Trinajstić information content (AvgIpc) is 3.28. The minimum absolute atomic E-state index is 0.328. The first kappa shape index (κ1) is 20.3. The molecule has 1 aliphatic rings.